The number of fused-ring (bicyclic) bond motifs is 5. The number of hydrogen-bond acceptors (Lipinski definition) is 3. The van der Waals surface area contributed by atoms with Crippen LogP contribution in [0, 0.1) is 0 Å². The van der Waals surface area contributed by atoms with Gasteiger partial charge in [0, 0.05) is 23.5 Å². The molecule has 4 rings (SSSR count). The topological polar surface area (TPSA) is 63.6 Å². The lowest BCUT2D eigenvalue weighted by Gasteiger charge is -2.05. The molecule has 22 heavy (non-hydrogen) atoms. The van der Waals surface area contributed by atoms with E-state index in [0.717, 1.165) is 27.3 Å². The molecule has 0 spiro atoms. The quantitative estimate of drug-likeness (QED) is 0.632. The molecule has 1 aromatic carbocycles. The van der Waals surface area contributed by atoms with E-state index in [0.29, 0.717) is 18.4 Å². The second-order valence-electron chi connectivity index (χ2n) is 5.19. The van der Waals surface area contributed by atoms with Crippen molar-refractivity contribution < 1.29 is 4.39 Å². The van der Waals surface area contributed by atoms with Crippen molar-refractivity contribution in [1.82, 2.24) is 19.7 Å². The lowest BCUT2D eigenvalue weighted by atomic mass is 10.1. The molecule has 0 aliphatic carbocycles. The highest BCUT2D eigenvalue weighted by molar-refractivity contribution is 6.18. The van der Waals surface area contributed by atoms with Crippen LogP contribution in [-0.4, -0.2) is 26.4 Å². The van der Waals surface area contributed by atoms with Gasteiger partial charge >= 0.3 is 0 Å². The summed E-state index contributed by atoms with van der Waals surface area (Å²) in [6.07, 6.45) is 3.81. The molecule has 0 atom stereocenters. The van der Waals surface area contributed by atoms with Crippen LogP contribution < -0.4 is 5.56 Å². The maximum absolute atomic E-state index is 12.6. The van der Waals surface area contributed by atoms with E-state index in [2.05, 4.69) is 19.7 Å². The summed E-state index contributed by atoms with van der Waals surface area (Å²) in [5, 5.41) is 8.59. The van der Waals surface area contributed by atoms with Crippen molar-refractivity contribution in [3.8, 4) is 0 Å². The van der Waals surface area contributed by atoms with E-state index in [1.54, 1.807) is 18.5 Å². The molecule has 0 bridgehead atoms. The van der Waals surface area contributed by atoms with Crippen molar-refractivity contribution in [3.05, 3.63) is 47.0 Å². The fourth-order valence-corrected chi connectivity index (χ4v) is 3.03. The van der Waals surface area contributed by atoms with Crippen LogP contribution in [0.25, 0.3) is 32.7 Å². The Bertz CT molecular complexity index is 1050. The van der Waals surface area contributed by atoms with Crippen LogP contribution in [0.3, 0.4) is 0 Å². The summed E-state index contributed by atoms with van der Waals surface area (Å²) in [4.78, 5) is 16.4. The first kappa shape index (κ1) is 12.9. The van der Waals surface area contributed by atoms with E-state index >= 15 is 0 Å². The third-order valence-electron chi connectivity index (χ3n) is 3.95. The number of aromatic nitrogens is 4. The Morgan fingerprint density at radius 2 is 2.09 bits per heavy atom. The van der Waals surface area contributed by atoms with Gasteiger partial charge in [-0.3, -0.25) is 14.2 Å². The number of alkyl halides is 1. The van der Waals surface area contributed by atoms with Crippen LogP contribution in [-0.2, 0) is 6.54 Å². The predicted molar refractivity (Wildman–Crippen MR) is 83.8 cm³/mol. The highest BCUT2D eigenvalue weighted by atomic mass is 19.1. The molecular formula is C16H13FN4O. The summed E-state index contributed by atoms with van der Waals surface area (Å²) in [5.74, 6) is 0. The van der Waals surface area contributed by atoms with Crippen molar-refractivity contribution in [2.24, 2.45) is 0 Å². The zero-order chi connectivity index (χ0) is 15.1. The van der Waals surface area contributed by atoms with Crippen LogP contribution in [0.15, 0.2) is 41.5 Å². The second-order valence-corrected chi connectivity index (χ2v) is 5.19. The Hall–Kier alpha value is -2.76. The minimum Gasteiger partial charge on any atom is -0.339 e. The third-order valence-corrected chi connectivity index (χ3v) is 3.95. The first-order valence-corrected chi connectivity index (χ1v) is 7.10. The number of nitrogens with one attached hydrogen (secondary N) is 1. The number of aryl methyl sites for hydroxylation is 1. The lowest BCUT2D eigenvalue weighted by molar-refractivity contribution is 0.452. The third kappa shape index (κ3) is 1.73. The summed E-state index contributed by atoms with van der Waals surface area (Å²) in [7, 11) is 0. The molecule has 0 fully saturated rings. The predicted octanol–water partition coefficient (Wildman–Crippen LogP) is 2.79. The maximum atomic E-state index is 12.6. The van der Waals surface area contributed by atoms with E-state index in [1.165, 1.54) is 0 Å². The average Bonchev–Trinajstić information content (AvgIpc) is 2.87. The molecule has 4 aromatic rings. The zero-order valence-corrected chi connectivity index (χ0v) is 11.7. The SMILES string of the molecule is O=c1[nH]ncc2c1ccc1c2c2ncccc2n1CCCF. The van der Waals surface area contributed by atoms with E-state index < -0.39 is 0 Å². The van der Waals surface area contributed by atoms with Gasteiger partial charge in [0.1, 0.15) is 0 Å². The molecule has 3 aromatic heterocycles. The van der Waals surface area contributed by atoms with Crippen LogP contribution in [0.4, 0.5) is 4.39 Å². The molecular weight excluding hydrogens is 283 g/mol. The van der Waals surface area contributed by atoms with E-state index in [4.69, 9.17) is 0 Å². The molecule has 1 N–H and O–H groups in total. The van der Waals surface area contributed by atoms with E-state index in [9.17, 15) is 9.18 Å². The van der Waals surface area contributed by atoms with Gasteiger partial charge in [0.25, 0.3) is 5.56 Å². The number of hydrogen-bond donors (Lipinski definition) is 1. The zero-order valence-electron chi connectivity index (χ0n) is 11.7. The van der Waals surface area contributed by atoms with Crippen LogP contribution in [0.2, 0.25) is 0 Å². The van der Waals surface area contributed by atoms with Crippen LogP contribution in [0.1, 0.15) is 6.42 Å². The Morgan fingerprint density at radius 3 is 2.95 bits per heavy atom. The fourth-order valence-electron chi connectivity index (χ4n) is 3.03. The Balaban J connectivity index is 2.21. The molecule has 0 radical (unpaired) electrons. The first-order chi connectivity index (χ1) is 10.8. The lowest BCUT2D eigenvalue weighted by Crippen LogP contribution is -2.07. The summed E-state index contributed by atoms with van der Waals surface area (Å²) in [6.45, 7) is 0.209. The van der Waals surface area contributed by atoms with Crippen LogP contribution >= 0.6 is 0 Å². The number of rotatable bonds is 3. The van der Waals surface area contributed by atoms with Crippen molar-refractivity contribution in [2.75, 3.05) is 6.67 Å². The number of pyridine rings is 1. The van der Waals surface area contributed by atoms with Gasteiger partial charge in [-0.15, -0.1) is 0 Å². The summed E-state index contributed by atoms with van der Waals surface area (Å²) >= 11 is 0. The van der Waals surface area contributed by atoms with Gasteiger partial charge in [-0.2, -0.15) is 5.10 Å². The van der Waals surface area contributed by atoms with Crippen molar-refractivity contribution >= 4 is 32.7 Å². The molecule has 3 heterocycles. The van der Waals surface area contributed by atoms with Crippen molar-refractivity contribution in [3.63, 3.8) is 0 Å². The van der Waals surface area contributed by atoms with Gasteiger partial charge in [0.2, 0.25) is 0 Å². The average molecular weight is 296 g/mol. The number of benzene rings is 1. The molecule has 0 saturated heterocycles. The standard InChI is InChI=1S/C16H13FN4O/c17-6-2-8-21-12-5-4-10-11(9-19-20-16(10)22)14(12)15-13(21)3-1-7-18-15/h1,3-5,7,9H,2,6,8H2,(H,20,22). The Kier molecular flexibility index (Phi) is 2.89. The minimum atomic E-state index is -0.365. The Morgan fingerprint density at radius 1 is 1.18 bits per heavy atom. The number of halogens is 1. The van der Waals surface area contributed by atoms with E-state index in [-0.39, 0.29) is 12.2 Å². The molecule has 0 aliphatic heterocycles. The molecule has 0 unspecified atom stereocenters. The first-order valence-electron chi connectivity index (χ1n) is 7.10. The summed E-state index contributed by atoms with van der Waals surface area (Å²) < 4.78 is 14.7. The summed E-state index contributed by atoms with van der Waals surface area (Å²) in [6, 6.07) is 7.50. The Labute approximate surface area is 124 Å². The fraction of sp³-hybridized carbons (Fsp3) is 0.188. The maximum Gasteiger partial charge on any atom is 0.272 e. The molecule has 5 nitrogen and oxygen atoms in total. The monoisotopic (exact) mass is 296 g/mol. The van der Waals surface area contributed by atoms with Crippen molar-refractivity contribution in [2.45, 2.75) is 13.0 Å². The largest absolute Gasteiger partial charge is 0.339 e. The van der Waals surface area contributed by atoms with Gasteiger partial charge in [0.05, 0.1) is 34.8 Å². The van der Waals surface area contributed by atoms with Gasteiger partial charge in [-0.25, -0.2) is 5.10 Å². The molecule has 6 heteroatoms. The van der Waals surface area contributed by atoms with Gasteiger partial charge in [-0.1, -0.05) is 0 Å². The smallest absolute Gasteiger partial charge is 0.272 e. The molecule has 110 valence electrons. The van der Waals surface area contributed by atoms with Crippen molar-refractivity contribution in [1.29, 1.82) is 0 Å². The number of H-pyrrole nitrogens is 1. The molecule has 0 amide bonds. The van der Waals surface area contributed by atoms with Crippen LogP contribution in [0.5, 0.6) is 0 Å². The highest BCUT2D eigenvalue weighted by Gasteiger charge is 2.15. The van der Waals surface area contributed by atoms with Gasteiger partial charge in [0.15, 0.2) is 0 Å². The van der Waals surface area contributed by atoms with Gasteiger partial charge < -0.3 is 4.57 Å². The van der Waals surface area contributed by atoms with E-state index in [1.807, 2.05) is 18.2 Å². The second kappa shape index (κ2) is 4.91. The normalized spacial score (nSPS) is 11.7. The van der Waals surface area contributed by atoms with Gasteiger partial charge in [-0.05, 0) is 30.7 Å². The molecule has 0 saturated carbocycles. The minimum absolute atomic E-state index is 0.222. The molecule has 0 aliphatic rings. The number of nitrogens with zero attached hydrogens (tertiary/aromatic N) is 3. The number of aromatic amines is 1. The summed E-state index contributed by atoms with van der Waals surface area (Å²) in [5.41, 5.74) is 2.48. The highest BCUT2D eigenvalue weighted by Crippen LogP contribution is 2.32.